The number of nitrogens with one attached hydrogen (secondary N) is 1. The standard InChI is InChI=1S/C19H25N5/c1-4-8-16-13-18(20-11-12-23(2)3)24-19(22-16)17(14-21-24)15-9-6-5-7-10-15/h5-7,9-10,13-14,20H,4,8,11-12H2,1-3H3. The van der Waals surface area contributed by atoms with Gasteiger partial charge in [-0.15, -0.1) is 0 Å². The predicted molar refractivity (Wildman–Crippen MR) is 99.5 cm³/mol. The summed E-state index contributed by atoms with van der Waals surface area (Å²) in [7, 11) is 4.15. The van der Waals surface area contributed by atoms with Gasteiger partial charge in [-0.3, -0.25) is 0 Å². The molecule has 0 bridgehead atoms. The average Bonchev–Trinajstić information content (AvgIpc) is 3.00. The molecule has 0 unspecified atom stereocenters. The molecule has 126 valence electrons. The van der Waals surface area contributed by atoms with Crippen molar-refractivity contribution >= 4 is 11.5 Å². The molecule has 24 heavy (non-hydrogen) atoms. The van der Waals surface area contributed by atoms with Gasteiger partial charge >= 0.3 is 0 Å². The maximum atomic E-state index is 4.86. The number of nitrogens with zero attached hydrogens (tertiary/aromatic N) is 4. The zero-order valence-corrected chi connectivity index (χ0v) is 14.7. The molecule has 3 aromatic rings. The van der Waals surface area contributed by atoms with Crippen LogP contribution in [0.1, 0.15) is 19.0 Å². The van der Waals surface area contributed by atoms with Crippen LogP contribution in [0.25, 0.3) is 16.8 Å². The van der Waals surface area contributed by atoms with Crippen LogP contribution in [0.3, 0.4) is 0 Å². The Labute approximate surface area is 143 Å². The van der Waals surface area contributed by atoms with E-state index in [1.807, 2.05) is 28.9 Å². The highest BCUT2D eigenvalue weighted by Crippen LogP contribution is 2.25. The van der Waals surface area contributed by atoms with Gasteiger partial charge in [-0.1, -0.05) is 43.7 Å². The molecule has 0 radical (unpaired) electrons. The number of benzene rings is 1. The SMILES string of the molecule is CCCc1cc(NCCN(C)C)n2ncc(-c3ccccc3)c2n1. The van der Waals surface area contributed by atoms with E-state index >= 15 is 0 Å². The fraction of sp³-hybridized carbons (Fsp3) is 0.368. The van der Waals surface area contributed by atoms with Crippen molar-refractivity contribution in [2.75, 3.05) is 32.5 Å². The minimum atomic E-state index is 0.873. The zero-order valence-electron chi connectivity index (χ0n) is 14.7. The van der Waals surface area contributed by atoms with Crippen molar-refractivity contribution in [1.29, 1.82) is 0 Å². The van der Waals surface area contributed by atoms with Crippen LogP contribution in [0.15, 0.2) is 42.6 Å². The second-order valence-corrected chi connectivity index (χ2v) is 6.27. The monoisotopic (exact) mass is 323 g/mol. The summed E-state index contributed by atoms with van der Waals surface area (Å²) < 4.78 is 1.91. The molecule has 0 spiro atoms. The smallest absolute Gasteiger partial charge is 0.165 e. The van der Waals surface area contributed by atoms with Crippen molar-refractivity contribution in [2.45, 2.75) is 19.8 Å². The second-order valence-electron chi connectivity index (χ2n) is 6.27. The van der Waals surface area contributed by atoms with E-state index in [1.165, 1.54) is 0 Å². The molecule has 0 saturated carbocycles. The second kappa shape index (κ2) is 7.45. The lowest BCUT2D eigenvalue weighted by Gasteiger charge is -2.13. The lowest BCUT2D eigenvalue weighted by Crippen LogP contribution is -2.22. The lowest BCUT2D eigenvalue weighted by molar-refractivity contribution is 0.425. The molecule has 5 nitrogen and oxygen atoms in total. The van der Waals surface area contributed by atoms with Crippen molar-refractivity contribution in [2.24, 2.45) is 0 Å². The molecular weight excluding hydrogens is 298 g/mol. The average molecular weight is 323 g/mol. The van der Waals surface area contributed by atoms with Gasteiger partial charge in [-0.05, 0) is 26.1 Å². The van der Waals surface area contributed by atoms with Crippen molar-refractivity contribution < 1.29 is 0 Å². The van der Waals surface area contributed by atoms with Gasteiger partial charge in [0.2, 0.25) is 0 Å². The van der Waals surface area contributed by atoms with Gasteiger partial charge in [0.05, 0.1) is 6.20 Å². The third-order valence-electron chi connectivity index (χ3n) is 3.98. The van der Waals surface area contributed by atoms with Crippen LogP contribution >= 0.6 is 0 Å². The Kier molecular flexibility index (Phi) is 5.11. The number of likely N-dealkylation sites (N-methyl/N-ethyl adjacent to an activating group) is 1. The summed E-state index contributed by atoms with van der Waals surface area (Å²) in [5.74, 6) is 1.01. The summed E-state index contributed by atoms with van der Waals surface area (Å²) in [6.45, 7) is 4.03. The fourth-order valence-corrected chi connectivity index (χ4v) is 2.75. The summed E-state index contributed by atoms with van der Waals surface area (Å²) in [4.78, 5) is 7.02. The molecule has 2 heterocycles. The van der Waals surface area contributed by atoms with Gasteiger partial charge in [-0.25, -0.2) is 4.98 Å². The Morgan fingerprint density at radius 1 is 1.17 bits per heavy atom. The highest BCUT2D eigenvalue weighted by Gasteiger charge is 2.12. The van der Waals surface area contributed by atoms with Crippen LogP contribution in [0, 0.1) is 0 Å². The molecule has 0 fully saturated rings. The molecule has 0 aliphatic rings. The molecular formula is C19H25N5. The normalized spacial score (nSPS) is 11.3. The van der Waals surface area contributed by atoms with Crippen molar-refractivity contribution in [3.63, 3.8) is 0 Å². The molecule has 0 aliphatic carbocycles. The summed E-state index contributed by atoms with van der Waals surface area (Å²) in [5, 5.41) is 8.07. The first-order valence-corrected chi connectivity index (χ1v) is 8.50. The quantitative estimate of drug-likeness (QED) is 0.724. The van der Waals surface area contributed by atoms with E-state index in [4.69, 9.17) is 4.98 Å². The van der Waals surface area contributed by atoms with E-state index in [-0.39, 0.29) is 0 Å². The molecule has 3 rings (SSSR count). The first-order chi connectivity index (χ1) is 11.7. The number of anilines is 1. The van der Waals surface area contributed by atoms with Crippen LogP contribution in [0.5, 0.6) is 0 Å². The number of rotatable bonds is 7. The van der Waals surface area contributed by atoms with Gasteiger partial charge < -0.3 is 10.2 Å². The molecule has 0 saturated heterocycles. The summed E-state index contributed by atoms with van der Waals surface area (Å²) in [5.41, 5.74) is 4.24. The van der Waals surface area contributed by atoms with Gasteiger partial charge in [-0.2, -0.15) is 9.61 Å². The lowest BCUT2D eigenvalue weighted by atomic mass is 10.1. The van der Waals surface area contributed by atoms with E-state index in [0.717, 1.165) is 54.2 Å². The third-order valence-corrected chi connectivity index (χ3v) is 3.98. The van der Waals surface area contributed by atoms with Gasteiger partial charge in [0.15, 0.2) is 5.65 Å². The predicted octanol–water partition coefficient (Wildman–Crippen LogP) is 3.32. The van der Waals surface area contributed by atoms with Crippen molar-refractivity contribution in [3.05, 3.63) is 48.3 Å². The van der Waals surface area contributed by atoms with Crippen molar-refractivity contribution in [1.82, 2.24) is 19.5 Å². The number of aryl methyl sites for hydroxylation is 1. The van der Waals surface area contributed by atoms with Crippen LogP contribution in [-0.4, -0.2) is 46.7 Å². The first kappa shape index (κ1) is 16.5. The molecule has 1 N–H and O–H groups in total. The number of hydrogen-bond donors (Lipinski definition) is 1. The minimum absolute atomic E-state index is 0.873. The Hall–Kier alpha value is -2.40. The molecule has 0 atom stereocenters. The minimum Gasteiger partial charge on any atom is -0.369 e. The van der Waals surface area contributed by atoms with E-state index in [1.54, 1.807) is 0 Å². The van der Waals surface area contributed by atoms with E-state index in [9.17, 15) is 0 Å². The highest BCUT2D eigenvalue weighted by molar-refractivity contribution is 5.78. The Morgan fingerprint density at radius 3 is 2.67 bits per heavy atom. The number of aromatic nitrogens is 3. The Bertz CT molecular complexity index is 792. The Morgan fingerprint density at radius 2 is 1.96 bits per heavy atom. The van der Waals surface area contributed by atoms with Crippen LogP contribution in [-0.2, 0) is 6.42 Å². The van der Waals surface area contributed by atoms with Crippen LogP contribution in [0.2, 0.25) is 0 Å². The topological polar surface area (TPSA) is 45.5 Å². The van der Waals surface area contributed by atoms with E-state index in [0.29, 0.717) is 0 Å². The van der Waals surface area contributed by atoms with E-state index in [2.05, 4.69) is 54.5 Å². The molecule has 0 aliphatic heterocycles. The Balaban J connectivity index is 2.02. The molecule has 5 heteroatoms. The maximum Gasteiger partial charge on any atom is 0.165 e. The van der Waals surface area contributed by atoms with Gasteiger partial charge in [0.25, 0.3) is 0 Å². The summed E-state index contributed by atoms with van der Waals surface area (Å²) in [6, 6.07) is 12.4. The van der Waals surface area contributed by atoms with Gasteiger partial charge in [0.1, 0.15) is 5.82 Å². The zero-order chi connectivity index (χ0) is 16.9. The highest BCUT2D eigenvalue weighted by atomic mass is 15.3. The third kappa shape index (κ3) is 3.57. The number of fused-ring (bicyclic) bond motifs is 1. The first-order valence-electron chi connectivity index (χ1n) is 8.50. The van der Waals surface area contributed by atoms with Crippen LogP contribution < -0.4 is 5.32 Å². The van der Waals surface area contributed by atoms with E-state index < -0.39 is 0 Å². The molecule has 2 aromatic heterocycles. The summed E-state index contributed by atoms with van der Waals surface area (Å²) in [6.07, 6.45) is 3.96. The molecule has 0 amide bonds. The molecule has 1 aromatic carbocycles. The van der Waals surface area contributed by atoms with Crippen molar-refractivity contribution in [3.8, 4) is 11.1 Å². The van der Waals surface area contributed by atoms with Crippen LogP contribution in [0.4, 0.5) is 5.82 Å². The van der Waals surface area contributed by atoms with Gasteiger partial charge in [0, 0.05) is 30.4 Å². The summed E-state index contributed by atoms with van der Waals surface area (Å²) >= 11 is 0. The maximum absolute atomic E-state index is 4.86. The largest absolute Gasteiger partial charge is 0.369 e. The number of hydrogen-bond acceptors (Lipinski definition) is 4. The fourth-order valence-electron chi connectivity index (χ4n) is 2.75.